The van der Waals surface area contributed by atoms with E-state index < -0.39 is 5.97 Å². The molecule has 2 atom stereocenters. The Morgan fingerprint density at radius 2 is 1.88 bits per heavy atom. The summed E-state index contributed by atoms with van der Waals surface area (Å²) >= 11 is -0.189. The molecule has 1 saturated carbocycles. The summed E-state index contributed by atoms with van der Waals surface area (Å²) in [6, 6.07) is 10.3. The van der Waals surface area contributed by atoms with Gasteiger partial charge in [-0.05, 0) is 31.4 Å². The van der Waals surface area contributed by atoms with Crippen LogP contribution in [-0.4, -0.2) is 9.89 Å². The smallest absolute Gasteiger partial charge is 0.317 e. The zero-order chi connectivity index (χ0) is 11.4. The summed E-state index contributed by atoms with van der Waals surface area (Å²) in [5, 5.41) is 11.1. The topological polar surface area (TPSA) is 40.1 Å². The van der Waals surface area contributed by atoms with Crippen LogP contribution in [0.5, 0.6) is 0 Å². The molecule has 1 aromatic rings. The number of carbonyl (C=O) groups is 1. The van der Waals surface area contributed by atoms with E-state index in [9.17, 15) is 9.90 Å². The molecule has 2 rings (SSSR count). The highest BCUT2D eigenvalue weighted by molar-refractivity contribution is 5.68. The van der Waals surface area contributed by atoms with Crippen molar-refractivity contribution < 1.29 is 31.1 Å². The number of carbonyl (C=O) groups excluding carboxylic acids is 1. The summed E-state index contributed by atoms with van der Waals surface area (Å²) < 4.78 is 1.72. The van der Waals surface area contributed by atoms with Gasteiger partial charge >= 0.3 is 21.2 Å². The first-order valence-corrected chi connectivity index (χ1v) is 7.99. The zero-order valence-corrected chi connectivity index (χ0v) is 11.2. The summed E-state index contributed by atoms with van der Waals surface area (Å²) in [4.78, 5) is 11.1. The number of rotatable bonds is 3. The molecule has 0 aliphatic heterocycles. The van der Waals surface area contributed by atoms with Gasteiger partial charge in [-0.15, -0.1) is 0 Å². The average Bonchev–Trinajstić information content (AvgIpc) is 2.31. The predicted octanol–water partition coefficient (Wildman–Crippen LogP) is -1.75. The molecule has 3 heteroatoms. The molecule has 0 heterocycles. The molecule has 2 nitrogen and oxygen atoms in total. The van der Waals surface area contributed by atoms with Gasteiger partial charge in [-0.3, -0.25) is 0 Å². The van der Waals surface area contributed by atoms with Gasteiger partial charge in [-0.1, -0.05) is 24.6 Å². The molecule has 0 saturated heterocycles. The highest BCUT2D eigenvalue weighted by atomic mass is 127. The third-order valence-electron chi connectivity index (χ3n) is 2.98. The van der Waals surface area contributed by atoms with Crippen molar-refractivity contribution in [2.45, 2.75) is 29.6 Å². The summed E-state index contributed by atoms with van der Waals surface area (Å²) in [6.07, 6.45) is 4.12. The Kier molecular flexibility index (Phi) is 4.21. The van der Waals surface area contributed by atoms with Crippen LogP contribution in [0.15, 0.2) is 30.3 Å². The van der Waals surface area contributed by atoms with Crippen LogP contribution in [0.1, 0.15) is 25.7 Å². The summed E-state index contributed by atoms with van der Waals surface area (Å²) in [5.41, 5.74) is 0. The van der Waals surface area contributed by atoms with Crippen molar-refractivity contribution in [3.8, 4) is 0 Å². The Balaban J connectivity index is 2.04. The van der Waals surface area contributed by atoms with Crippen LogP contribution in [0.25, 0.3) is 0 Å². The van der Waals surface area contributed by atoms with Crippen LogP contribution in [0.2, 0.25) is 0 Å². The van der Waals surface area contributed by atoms with Crippen molar-refractivity contribution in [3.63, 3.8) is 0 Å². The predicted molar refractivity (Wildman–Crippen MR) is 55.9 cm³/mol. The highest BCUT2D eigenvalue weighted by Gasteiger charge is 2.37. The fraction of sp³-hybridized carbons (Fsp3) is 0.462. The summed E-state index contributed by atoms with van der Waals surface area (Å²) in [6.45, 7) is 0. The van der Waals surface area contributed by atoms with Gasteiger partial charge in [-0.2, -0.15) is 0 Å². The van der Waals surface area contributed by atoms with Gasteiger partial charge in [0.2, 0.25) is 0 Å². The normalized spacial score (nSPS) is 25.2. The van der Waals surface area contributed by atoms with Gasteiger partial charge in [0.05, 0.1) is 0 Å². The van der Waals surface area contributed by atoms with Crippen molar-refractivity contribution >= 4 is 5.97 Å². The lowest BCUT2D eigenvalue weighted by atomic mass is 9.89. The number of halogens is 1. The highest BCUT2D eigenvalue weighted by Crippen LogP contribution is 2.20. The van der Waals surface area contributed by atoms with E-state index in [1.807, 2.05) is 18.2 Å². The van der Waals surface area contributed by atoms with Crippen molar-refractivity contribution in [3.05, 3.63) is 33.9 Å². The molecule has 0 radical (unpaired) electrons. The van der Waals surface area contributed by atoms with Gasteiger partial charge in [0.15, 0.2) is 7.49 Å². The van der Waals surface area contributed by atoms with E-state index >= 15 is 0 Å². The molecule has 16 heavy (non-hydrogen) atoms. The second-order valence-electron chi connectivity index (χ2n) is 4.13. The molecule has 0 N–H and O–H groups in total. The monoisotopic (exact) mass is 330 g/mol. The van der Waals surface area contributed by atoms with Gasteiger partial charge in [0.25, 0.3) is 0 Å². The lowest BCUT2D eigenvalue weighted by molar-refractivity contribution is -0.671. The van der Waals surface area contributed by atoms with E-state index in [1.54, 1.807) is 0 Å². The van der Waals surface area contributed by atoms with E-state index in [1.165, 1.54) is 9.99 Å². The van der Waals surface area contributed by atoms with E-state index in [-0.39, 0.29) is 27.1 Å². The Hall–Kier alpha value is -0.580. The van der Waals surface area contributed by atoms with Crippen LogP contribution in [0.3, 0.4) is 0 Å². The standard InChI is InChI=1S/C13H15IO2/c15-13(16)11-8-4-5-9-12(11)14-10-6-2-1-3-7-10/h1-3,6-7,11-12H,4-5,8-9H2. The van der Waals surface area contributed by atoms with Gasteiger partial charge in [0.1, 0.15) is 0 Å². The number of hydrogen-bond donors (Lipinski definition) is 0. The molecule has 1 aliphatic rings. The minimum atomic E-state index is -0.833. The maximum atomic E-state index is 11.1. The molecular weight excluding hydrogens is 315 g/mol. The Bertz CT molecular complexity index is 350. The molecular formula is C13H15IO2. The SMILES string of the molecule is O=C([O-])C1CCCCC1[I+]c1ccccc1. The fourth-order valence-electron chi connectivity index (χ4n) is 2.13. The molecule has 0 bridgehead atoms. The lowest BCUT2D eigenvalue weighted by Gasteiger charge is -2.24. The molecule has 0 spiro atoms. The van der Waals surface area contributed by atoms with Crippen molar-refractivity contribution in [2.24, 2.45) is 5.92 Å². The van der Waals surface area contributed by atoms with Crippen molar-refractivity contribution in [1.82, 2.24) is 0 Å². The molecule has 0 aromatic heterocycles. The van der Waals surface area contributed by atoms with Crippen molar-refractivity contribution in [2.75, 3.05) is 0 Å². The van der Waals surface area contributed by atoms with E-state index in [4.69, 9.17) is 0 Å². The zero-order valence-electron chi connectivity index (χ0n) is 9.06. The van der Waals surface area contributed by atoms with Gasteiger partial charge in [0, 0.05) is 11.9 Å². The third kappa shape index (κ3) is 2.97. The first-order chi connectivity index (χ1) is 7.77. The fourth-order valence-corrected chi connectivity index (χ4v) is 5.72. The summed E-state index contributed by atoms with van der Waals surface area (Å²) in [7, 11) is 0. The lowest BCUT2D eigenvalue weighted by Crippen LogP contribution is -3.65. The van der Waals surface area contributed by atoms with Gasteiger partial charge in [-0.25, -0.2) is 0 Å². The molecule has 1 fully saturated rings. The maximum Gasteiger partial charge on any atom is 0.317 e. The first kappa shape index (κ1) is 11.9. The molecule has 1 aliphatic carbocycles. The third-order valence-corrected chi connectivity index (χ3v) is 6.71. The van der Waals surface area contributed by atoms with Crippen LogP contribution >= 0.6 is 0 Å². The molecule has 86 valence electrons. The van der Waals surface area contributed by atoms with E-state index in [0.29, 0.717) is 3.92 Å². The van der Waals surface area contributed by atoms with Crippen LogP contribution in [0.4, 0.5) is 0 Å². The molecule has 0 amide bonds. The Labute approximate surface area is 106 Å². The Morgan fingerprint density at radius 1 is 1.19 bits per heavy atom. The second-order valence-corrected chi connectivity index (χ2v) is 7.60. The summed E-state index contributed by atoms with van der Waals surface area (Å²) in [5.74, 6) is -1.03. The quantitative estimate of drug-likeness (QED) is 0.487. The van der Waals surface area contributed by atoms with Crippen LogP contribution < -0.4 is 26.3 Å². The van der Waals surface area contributed by atoms with Crippen molar-refractivity contribution in [1.29, 1.82) is 0 Å². The number of hydrogen-bond acceptors (Lipinski definition) is 2. The van der Waals surface area contributed by atoms with Gasteiger partial charge < -0.3 is 9.90 Å². The number of carboxylic acids is 1. The minimum absolute atomic E-state index is 0.189. The van der Waals surface area contributed by atoms with E-state index in [2.05, 4.69) is 12.1 Å². The van der Waals surface area contributed by atoms with E-state index in [0.717, 1.165) is 19.3 Å². The average molecular weight is 330 g/mol. The second kappa shape index (κ2) is 5.66. The number of carboxylic acid groups (broad SMARTS) is 1. The number of benzene rings is 1. The molecule has 1 aromatic carbocycles. The number of alkyl halides is 1. The largest absolute Gasteiger partial charge is 0.550 e. The molecule has 2 unspecified atom stereocenters. The van der Waals surface area contributed by atoms with Crippen LogP contribution in [0, 0.1) is 9.49 Å². The van der Waals surface area contributed by atoms with Crippen LogP contribution in [-0.2, 0) is 4.79 Å². The Morgan fingerprint density at radius 3 is 2.56 bits per heavy atom. The minimum Gasteiger partial charge on any atom is -0.550 e. The maximum absolute atomic E-state index is 11.1. The first-order valence-electron chi connectivity index (χ1n) is 5.66. The number of aliphatic carboxylic acids is 1.